The largest absolute Gasteiger partial charge is 0.490 e. The van der Waals surface area contributed by atoms with Gasteiger partial charge in [0.25, 0.3) is 11.4 Å². The number of alkyl halides is 1. The predicted molar refractivity (Wildman–Crippen MR) is 96.7 cm³/mol. The van der Waals surface area contributed by atoms with Crippen molar-refractivity contribution >= 4 is 47.3 Å². The molecular weight excluding hydrogens is 540 g/mol. The van der Waals surface area contributed by atoms with Crippen LogP contribution in [0.1, 0.15) is 10.3 Å². The van der Waals surface area contributed by atoms with Gasteiger partial charge in [-0.1, -0.05) is 11.6 Å². The van der Waals surface area contributed by atoms with Crippen molar-refractivity contribution in [2.75, 3.05) is 6.56 Å². The Kier molecular flexibility index (Phi) is 6.58. The number of nitrogens with one attached hydrogen (secondary N) is 1. The third-order valence-corrected chi connectivity index (χ3v) is 7.26. The van der Waals surface area contributed by atoms with Crippen LogP contribution in [0.3, 0.4) is 0 Å². The molecule has 0 radical (unpaired) electrons. The first-order valence-corrected chi connectivity index (χ1v) is 12.4. The molecule has 2 heterocycles. The zero-order valence-corrected chi connectivity index (χ0v) is 18.4. The lowest BCUT2D eigenvalue weighted by molar-refractivity contribution is -0.204. The molecule has 2 unspecified atom stereocenters. The summed E-state index contributed by atoms with van der Waals surface area (Å²) in [5.74, 6) is -4.45. The Morgan fingerprint density at radius 1 is 1.32 bits per heavy atom. The maximum atomic E-state index is 15.5. The van der Waals surface area contributed by atoms with Crippen molar-refractivity contribution in [1.29, 1.82) is 0 Å². The molecular formula is C9H13ClFN2O14P3S. The zero-order valence-electron chi connectivity index (χ0n) is 17.1. The molecule has 1 aliphatic heterocycles. The van der Waals surface area contributed by atoms with Crippen molar-refractivity contribution in [2.45, 2.75) is 24.3 Å². The summed E-state index contributed by atoms with van der Waals surface area (Å²) < 4.78 is 87.1. The summed E-state index contributed by atoms with van der Waals surface area (Å²) in [6, 6.07) is 0. The van der Waals surface area contributed by atoms with Gasteiger partial charge in [-0.2, -0.15) is 8.62 Å². The molecule has 1 saturated heterocycles. The maximum Gasteiger partial charge on any atom is 0.490 e. The molecule has 178 valence electrons. The van der Waals surface area contributed by atoms with Crippen LogP contribution in [0.5, 0.6) is 0 Å². The van der Waals surface area contributed by atoms with Crippen molar-refractivity contribution in [3.63, 3.8) is 0 Å². The lowest BCUT2D eigenvalue weighted by Crippen LogP contribution is -2.42. The number of ether oxygens (including phenoxy) is 1. The van der Waals surface area contributed by atoms with Crippen LogP contribution in [0.4, 0.5) is 4.39 Å². The average Bonchev–Trinajstić information content (AvgIpc) is 2.76. The topological polar surface area (TPSA) is 247 Å². The number of aliphatic hydroxyl groups excluding tert-OH is 2. The van der Waals surface area contributed by atoms with Gasteiger partial charge in [-0.3, -0.25) is 18.9 Å². The molecule has 0 aromatic carbocycles. The van der Waals surface area contributed by atoms with Crippen LogP contribution < -0.4 is 5.56 Å². The second-order valence-electron chi connectivity index (χ2n) is 5.37. The highest BCUT2D eigenvalue weighted by molar-refractivity contribution is 7.71. The molecule has 0 amide bonds. The minimum absolute atomic E-state index is 0.280. The van der Waals surface area contributed by atoms with Crippen LogP contribution in [0, 0.1) is 4.77 Å². The Morgan fingerprint density at radius 2 is 1.90 bits per heavy atom. The summed E-state index contributed by atoms with van der Waals surface area (Å²) in [5.41, 5.74) is -0.992. The molecule has 0 bridgehead atoms. The second-order valence-corrected chi connectivity index (χ2v) is 10.5. The second kappa shape index (κ2) is 9.10. The number of nitrogens with zero attached hydrogens (tertiary/aromatic N) is 1. The van der Waals surface area contributed by atoms with Gasteiger partial charge in [-0.15, -0.1) is 0 Å². The fourth-order valence-electron chi connectivity index (χ4n) is 1.91. The first kappa shape index (κ1) is 22.4. The lowest BCUT2D eigenvalue weighted by Gasteiger charge is -2.24. The number of rotatable bonds is 8. The fraction of sp³-hybridized carbons (Fsp3) is 0.556. The van der Waals surface area contributed by atoms with Crippen LogP contribution >= 0.6 is 47.3 Å². The minimum atomic E-state index is -6.33. The smallest absolute Gasteiger partial charge is 0.385 e. The van der Waals surface area contributed by atoms with Crippen LogP contribution in [-0.2, 0) is 31.6 Å². The molecule has 31 heavy (non-hydrogen) atoms. The molecule has 1 aromatic rings. The summed E-state index contributed by atoms with van der Waals surface area (Å²) in [4.78, 5) is 48.9. The Hall–Kier alpha value is -0.390. The van der Waals surface area contributed by atoms with Gasteiger partial charge in [-0.25, -0.2) is 18.1 Å². The molecule has 22 heteroatoms. The van der Waals surface area contributed by atoms with E-state index in [0.29, 0.717) is 6.20 Å². The summed E-state index contributed by atoms with van der Waals surface area (Å²) in [6.07, 6.45) is -8.62. The maximum absolute atomic E-state index is 15.5. The van der Waals surface area contributed by atoms with Gasteiger partial charge >= 0.3 is 23.5 Å². The summed E-state index contributed by atoms with van der Waals surface area (Å²) in [6.45, 7) is -4.42. The van der Waals surface area contributed by atoms with Crippen molar-refractivity contribution < 1.29 is 69.9 Å². The number of aliphatic hydroxyl groups is 2. The Balaban J connectivity index is 2.44. The van der Waals surface area contributed by atoms with Crippen molar-refractivity contribution in [1.82, 2.24) is 9.55 Å². The minimum Gasteiger partial charge on any atom is -0.385 e. The first-order chi connectivity index (χ1) is 15.0. The van der Waals surface area contributed by atoms with Crippen molar-refractivity contribution in [2.24, 2.45) is 0 Å². The molecule has 0 spiro atoms. The van der Waals surface area contributed by atoms with E-state index < -0.39 is 69.6 Å². The van der Waals surface area contributed by atoms with Gasteiger partial charge < -0.3 is 34.5 Å². The number of halogens is 2. The van der Waals surface area contributed by atoms with Crippen LogP contribution in [-0.4, -0.2) is 64.0 Å². The molecule has 16 nitrogen and oxygen atoms in total. The van der Waals surface area contributed by atoms with E-state index in [0.717, 1.165) is 0 Å². The molecule has 0 aliphatic carbocycles. The number of H-pyrrole nitrogens is 1. The number of aromatic amines is 1. The van der Waals surface area contributed by atoms with E-state index in [1.54, 1.807) is 0 Å². The normalized spacial score (nSPS) is 34.9. The molecule has 7 N–H and O–H groups in total. The van der Waals surface area contributed by atoms with Gasteiger partial charge in [0, 0.05) is 6.20 Å². The zero-order chi connectivity index (χ0) is 26.7. The average molecular weight is 556 g/mol. The van der Waals surface area contributed by atoms with Gasteiger partial charge in [0.2, 0.25) is 0 Å². The van der Waals surface area contributed by atoms with E-state index >= 15 is 4.39 Å². The predicted octanol–water partition coefficient (Wildman–Crippen LogP) is -0.181. The van der Waals surface area contributed by atoms with E-state index in [1.807, 2.05) is 4.98 Å². The monoisotopic (exact) mass is 555 g/mol. The summed E-state index contributed by atoms with van der Waals surface area (Å²) in [5, 5.41) is 19.6. The van der Waals surface area contributed by atoms with Crippen LogP contribution in [0.25, 0.3) is 0 Å². The Bertz CT molecular complexity index is 1240. The quantitative estimate of drug-likeness (QED) is 0.162. The van der Waals surface area contributed by atoms with E-state index in [2.05, 4.69) is 17.9 Å². The van der Waals surface area contributed by atoms with Gasteiger partial charge in [0.05, 0.1) is 4.11 Å². The third-order valence-electron chi connectivity index (χ3n) is 3.04. The van der Waals surface area contributed by atoms with E-state index in [4.69, 9.17) is 42.6 Å². The SMILES string of the molecule is [2H]C([2H])(OP(=O)(O)OP(=O)(O)OP(=O)(O)O)[C@@]1(F)O[C@@]([2H])(n2cc(Cl)c(=O)[nH]c2=S)[C@H](O)[C@@H]1O. The van der Waals surface area contributed by atoms with Crippen LogP contribution in [0.15, 0.2) is 11.0 Å². The third kappa shape index (κ3) is 6.80. The number of aromatic nitrogens is 2. The highest BCUT2D eigenvalue weighted by Crippen LogP contribution is 2.66. The first-order valence-electron chi connectivity index (χ1n) is 8.58. The highest BCUT2D eigenvalue weighted by Gasteiger charge is 2.57. The van der Waals surface area contributed by atoms with E-state index in [-0.39, 0.29) is 4.57 Å². The van der Waals surface area contributed by atoms with Gasteiger partial charge in [-0.05, 0) is 12.2 Å². The number of hydrogen-bond acceptors (Lipinski definition) is 11. The summed E-state index contributed by atoms with van der Waals surface area (Å²) >= 11 is 10.3. The van der Waals surface area contributed by atoms with Gasteiger partial charge in [0.15, 0.2) is 11.0 Å². The molecule has 0 saturated carbocycles. The molecule has 1 aliphatic rings. The summed E-state index contributed by atoms with van der Waals surface area (Å²) in [7, 11) is -18.3. The van der Waals surface area contributed by atoms with Crippen LogP contribution in [0.2, 0.25) is 5.02 Å². The lowest BCUT2D eigenvalue weighted by atomic mass is 10.1. The Morgan fingerprint density at radius 3 is 2.45 bits per heavy atom. The Labute approximate surface area is 184 Å². The molecule has 1 fully saturated rings. The van der Waals surface area contributed by atoms with Crippen molar-refractivity contribution in [3.05, 3.63) is 26.3 Å². The van der Waals surface area contributed by atoms with Crippen molar-refractivity contribution in [3.8, 4) is 0 Å². The number of hydrogen-bond donors (Lipinski definition) is 7. The number of phosphoric acid groups is 3. The fourth-order valence-corrected chi connectivity index (χ4v) is 5.17. The molecule has 1 aromatic heterocycles. The van der Waals surface area contributed by atoms with Gasteiger partial charge in [0.1, 0.15) is 23.8 Å². The molecule has 2 rings (SSSR count). The molecule has 6 atom stereocenters. The standard InChI is InChI=1S/C9H13ClFN2O14P3S/c10-3-1-13(8(31)12-6(3)16)7-4(14)5(15)9(11,25-7)2-24-29(20,21)27-30(22,23)26-28(17,18)19/h1,4-5,7,14-15H,2H2,(H,20,21)(H,22,23)(H,12,16,31)(H2,17,18,19)/t4-,5+,7-,9-/m1/s1/i2D2,7D. The van der Waals surface area contributed by atoms with E-state index in [1.165, 1.54) is 0 Å². The van der Waals surface area contributed by atoms with E-state index in [9.17, 15) is 33.6 Å². The number of phosphoric ester groups is 1. The highest BCUT2D eigenvalue weighted by atomic mass is 35.5.